The molecule has 0 atom stereocenters. The van der Waals surface area contributed by atoms with Gasteiger partial charge in [0.05, 0.1) is 5.52 Å². The molecule has 0 unspecified atom stereocenters. The predicted molar refractivity (Wildman–Crippen MR) is 58.9 cm³/mol. The average molecular weight is 258 g/mol. The fraction of sp³-hybridized carbons (Fsp3) is 0. The van der Waals surface area contributed by atoms with Crippen LogP contribution in [0.1, 0.15) is 0 Å². The summed E-state index contributed by atoms with van der Waals surface area (Å²) in [5.41, 5.74) is 6.36. The van der Waals surface area contributed by atoms with E-state index >= 15 is 0 Å². The van der Waals surface area contributed by atoms with Crippen LogP contribution in [0.15, 0.2) is 28.7 Å². The third-order valence-corrected chi connectivity index (χ3v) is 2.62. The molecule has 1 aromatic carbocycles. The van der Waals surface area contributed by atoms with E-state index in [1.54, 1.807) is 12.1 Å². The molecule has 0 spiro atoms. The molecule has 2 rings (SSSR count). The van der Waals surface area contributed by atoms with Gasteiger partial charge in [0.25, 0.3) is 0 Å². The number of anilines is 1. The molecule has 0 saturated heterocycles. The normalized spacial score (nSPS) is 10.6. The minimum atomic E-state index is 0.502. The van der Waals surface area contributed by atoms with Gasteiger partial charge in [-0.15, -0.1) is 0 Å². The summed E-state index contributed by atoms with van der Waals surface area (Å²) in [5.74, 6) is 0.502. The van der Waals surface area contributed by atoms with Crippen LogP contribution in [0.2, 0.25) is 5.02 Å². The van der Waals surface area contributed by atoms with Gasteiger partial charge >= 0.3 is 0 Å². The van der Waals surface area contributed by atoms with Gasteiger partial charge in [0, 0.05) is 14.9 Å². The number of nitrogen functional groups attached to an aromatic ring is 1. The lowest BCUT2D eigenvalue weighted by atomic mass is 10.2. The highest BCUT2D eigenvalue weighted by Gasteiger charge is 2.01. The molecule has 0 aliphatic heterocycles. The largest absolute Gasteiger partial charge is 0.384 e. The third-order valence-electron chi connectivity index (χ3n) is 1.74. The summed E-state index contributed by atoms with van der Waals surface area (Å²) in [6, 6.07) is 7.30. The number of pyridine rings is 1. The second-order valence-corrected chi connectivity index (χ2v) is 3.98. The summed E-state index contributed by atoms with van der Waals surface area (Å²) in [7, 11) is 0. The van der Waals surface area contributed by atoms with Gasteiger partial charge in [0.15, 0.2) is 0 Å². The Balaban J connectivity index is 2.86. The van der Waals surface area contributed by atoms with Crippen molar-refractivity contribution in [3.63, 3.8) is 0 Å². The van der Waals surface area contributed by atoms with Crippen LogP contribution in [0.25, 0.3) is 10.9 Å². The lowest BCUT2D eigenvalue weighted by Crippen LogP contribution is -1.89. The first-order valence-corrected chi connectivity index (χ1v) is 4.85. The number of hydrogen-bond acceptors (Lipinski definition) is 2. The summed E-state index contributed by atoms with van der Waals surface area (Å²) in [6.07, 6.45) is 0. The molecule has 66 valence electrons. The molecule has 13 heavy (non-hydrogen) atoms. The van der Waals surface area contributed by atoms with Gasteiger partial charge in [-0.05, 0) is 24.3 Å². The number of halogens is 2. The molecule has 2 aromatic rings. The Morgan fingerprint density at radius 2 is 2.08 bits per heavy atom. The van der Waals surface area contributed by atoms with Crippen LogP contribution in [0.5, 0.6) is 0 Å². The third kappa shape index (κ3) is 1.62. The van der Waals surface area contributed by atoms with Crippen molar-refractivity contribution in [2.24, 2.45) is 0 Å². The molecular weight excluding hydrogens is 251 g/mol. The summed E-state index contributed by atoms with van der Waals surface area (Å²) in [6.45, 7) is 0. The first kappa shape index (κ1) is 8.78. The molecule has 1 heterocycles. The van der Waals surface area contributed by atoms with Crippen molar-refractivity contribution in [1.29, 1.82) is 0 Å². The van der Waals surface area contributed by atoms with Gasteiger partial charge in [-0.1, -0.05) is 27.5 Å². The highest BCUT2D eigenvalue weighted by molar-refractivity contribution is 9.10. The van der Waals surface area contributed by atoms with E-state index < -0.39 is 0 Å². The van der Waals surface area contributed by atoms with E-state index in [1.807, 2.05) is 12.1 Å². The maximum absolute atomic E-state index is 5.87. The van der Waals surface area contributed by atoms with Crippen LogP contribution in [-0.2, 0) is 0 Å². The van der Waals surface area contributed by atoms with E-state index in [0.29, 0.717) is 10.8 Å². The van der Waals surface area contributed by atoms with Crippen LogP contribution < -0.4 is 5.73 Å². The highest BCUT2D eigenvalue weighted by Crippen LogP contribution is 2.27. The van der Waals surface area contributed by atoms with E-state index in [2.05, 4.69) is 20.9 Å². The fourth-order valence-electron chi connectivity index (χ4n) is 1.17. The topological polar surface area (TPSA) is 38.9 Å². The van der Waals surface area contributed by atoms with Crippen LogP contribution in [0, 0.1) is 0 Å². The molecule has 0 amide bonds. The zero-order chi connectivity index (χ0) is 9.42. The Morgan fingerprint density at radius 1 is 1.31 bits per heavy atom. The monoisotopic (exact) mass is 256 g/mol. The SMILES string of the molecule is Nc1ccc2c(Br)cc(Cl)cc2n1. The first-order chi connectivity index (χ1) is 6.16. The van der Waals surface area contributed by atoms with Gasteiger partial charge in [-0.3, -0.25) is 0 Å². The van der Waals surface area contributed by atoms with Gasteiger partial charge in [0.2, 0.25) is 0 Å². The maximum Gasteiger partial charge on any atom is 0.124 e. The minimum Gasteiger partial charge on any atom is -0.384 e. The van der Waals surface area contributed by atoms with Crippen molar-refractivity contribution in [3.05, 3.63) is 33.8 Å². The van der Waals surface area contributed by atoms with Crippen molar-refractivity contribution in [1.82, 2.24) is 4.98 Å². The number of benzene rings is 1. The van der Waals surface area contributed by atoms with E-state index in [4.69, 9.17) is 17.3 Å². The van der Waals surface area contributed by atoms with Crippen molar-refractivity contribution in [3.8, 4) is 0 Å². The molecule has 2 N–H and O–H groups in total. The van der Waals surface area contributed by atoms with E-state index in [0.717, 1.165) is 15.4 Å². The molecule has 2 nitrogen and oxygen atoms in total. The van der Waals surface area contributed by atoms with Crippen LogP contribution in [0.3, 0.4) is 0 Å². The second kappa shape index (κ2) is 3.16. The lowest BCUT2D eigenvalue weighted by molar-refractivity contribution is 1.41. The number of nitrogens with two attached hydrogens (primary N) is 1. The summed E-state index contributed by atoms with van der Waals surface area (Å²) >= 11 is 9.27. The Bertz CT molecular complexity index is 465. The van der Waals surface area contributed by atoms with Crippen LogP contribution in [-0.4, -0.2) is 4.98 Å². The molecule has 0 saturated carbocycles. The predicted octanol–water partition coefficient (Wildman–Crippen LogP) is 3.23. The second-order valence-electron chi connectivity index (χ2n) is 2.69. The fourth-order valence-corrected chi connectivity index (χ4v) is 2.10. The van der Waals surface area contributed by atoms with Gasteiger partial charge < -0.3 is 5.73 Å². The van der Waals surface area contributed by atoms with Crippen molar-refractivity contribution in [2.45, 2.75) is 0 Å². The zero-order valence-electron chi connectivity index (χ0n) is 6.59. The van der Waals surface area contributed by atoms with Crippen LogP contribution in [0.4, 0.5) is 5.82 Å². The Morgan fingerprint density at radius 3 is 2.85 bits per heavy atom. The Kier molecular flexibility index (Phi) is 2.14. The molecule has 0 radical (unpaired) electrons. The summed E-state index contributed by atoms with van der Waals surface area (Å²) < 4.78 is 0.933. The molecule has 4 heteroatoms. The van der Waals surface area contributed by atoms with Gasteiger partial charge in [-0.25, -0.2) is 4.98 Å². The van der Waals surface area contributed by atoms with Crippen molar-refractivity contribution in [2.75, 3.05) is 5.73 Å². The molecule has 1 aromatic heterocycles. The first-order valence-electron chi connectivity index (χ1n) is 3.68. The summed E-state index contributed by atoms with van der Waals surface area (Å²) in [4.78, 5) is 4.16. The van der Waals surface area contributed by atoms with Crippen LogP contribution >= 0.6 is 27.5 Å². The van der Waals surface area contributed by atoms with Crippen molar-refractivity contribution >= 4 is 44.3 Å². The van der Waals surface area contributed by atoms with E-state index in [-0.39, 0.29) is 0 Å². The molecule has 0 bridgehead atoms. The van der Waals surface area contributed by atoms with Gasteiger partial charge in [0.1, 0.15) is 5.82 Å². The Hall–Kier alpha value is -0.800. The zero-order valence-corrected chi connectivity index (χ0v) is 8.93. The number of nitrogens with zero attached hydrogens (tertiary/aromatic N) is 1. The van der Waals surface area contributed by atoms with E-state index in [1.165, 1.54) is 0 Å². The number of fused-ring (bicyclic) bond motifs is 1. The highest BCUT2D eigenvalue weighted by atomic mass is 79.9. The quantitative estimate of drug-likeness (QED) is 0.787. The molecule has 0 aliphatic rings. The maximum atomic E-state index is 5.87. The Labute approximate surface area is 88.8 Å². The number of hydrogen-bond donors (Lipinski definition) is 1. The smallest absolute Gasteiger partial charge is 0.124 e. The minimum absolute atomic E-state index is 0.502. The molecular formula is C9H6BrClN2. The average Bonchev–Trinajstić information content (AvgIpc) is 2.02. The van der Waals surface area contributed by atoms with E-state index in [9.17, 15) is 0 Å². The molecule has 0 fully saturated rings. The van der Waals surface area contributed by atoms with Gasteiger partial charge in [-0.2, -0.15) is 0 Å². The van der Waals surface area contributed by atoms with Crippen molar-refractivity contribution < 1.29 is 0 Å². The number of aromatic nitrogens is 1. The summed E-state index contributed by atoms with van der Waals surface area (Å²) in [5, 5.41) is 1.66. The standard InChI is InChI=1S/C9H6BrClN2/c10-7-3-5(11)4-8-6(7)1-2-9(12)13-8/h1-4H,(H2,12,13). The number of rotatable bonds is 0. The lowest BCUT2D eigenvalue weighted by Gasteiger charge is -2.01. The molecule has 0 aliphatic carbocycles.